The van der Waals surface area contributed by atoms with Gasteiger partial charge in [-0.3, -0.25) is 0 Å². The standard InChI is InChI=1S/C16H14O5S/c1-4-14(17)21-15-11-8-6-5-7-10(11)12(9-13(15)22-3)20-16(18)19-2/h4-9H,1H2,2-3H3. The lowest BCUT2D eigenvalue weighted by Crippen LogP contribution is -2.09. The van der Waals surface area contributed by atoms with Crippen LogP contribution in [0.5, 0.6) is 11.5 Å². The lowest BCUT2D eigenvalue weighted by molar-refractivity contribution is -0.129. The highest BCUT2D eigenvalue weighted by atomic mass is 32.2. The van der Waals surface area contributed by atoms with Crippen LogP contribution in [0.3, 0.4) is 0 Å². The Morgan fingerprint density at radius 1 is 1.18 bits per heavy atom. The van der Waals surface area contributed by atoms with Crippen LogP contribution in [0.4, 0.5) is 4.79 Å². The highest BCUT2D eigenvalue weighted by Crippen LogP contribution is 2.41. The summed E-state index contributed by atoms with van der Waals surface area (Å²) < 4.78 is 15.0. The minimum absolute atomic E-state index is 0.338. The minimum Gasteiger partial charge on any atom is -0.437 e. The Bertz CT molecular complexity index is 739. The summed E-state index contributed by atoms with van der Waals surface area (Å²) in [6.07, 6.45) is 2.11. The van der Waals surface area contributed by atoms with Crippen LogP contribution in [0, 0.1) is 0 Å². The molecule has 0 aliphatic heterocycles. The summed E-state index contributed by atoms with van der Waals surface area (Å²) in [4.78, 5) is 23.6. The van der Waals surface area contributed by atoms with Crippen molar-refractivity contribution >= 4 is 34.7 Å². The summed E-state index contributed by atoms with van der Waals surface area (Å²) in [7, 11) is 1.24. The summed E-state index contributed by atoms with van der Waals surface area (Å²) in [5, 5.41) is 1.29. The summed E-state index contributed by atoms with van der Waals surface area (Å²) in [6, 6.07) is 8.79. The lowest BCUT2D eigenvalue weighted by atomic mass is 10.1. The fourth-order valence-corrected chi connectivity index (χ4v) is 2.47. The molecule has 0 radical (unpaired) electrons. The SMILES string of the molecule is C=CC(=O)Oc1c(SC)cc(OC(=O)OC)c2ccccc12. The van der Waals surface area contributed by atoms with Crippen molar-refractivity contribution in [3.8, 4) is 11.5 Å². The molecule has 2 rings (SSSR count). The Labute approximate surface area is 131 Å². The molecule has 22 heavy (non-hydrogen) atoms. The molecule has 0 atom stereocenters. The second-order valence-corrected chi connectivity index (χ2v) is 4.98. The third kappa shape index (κ3) is 3.23. The number of ether oxygens (including phenoxy) is 3. The van der Waals surface area contributed by atoms with Gasteiger partial charge in [-0.05, 0) is 12.3 Å². The van der Waals surface area contributed by atoms with Crippen molar-refractivity contribution in [1.29, 1.82) is 0 Å². The molecule has 0 unspecified atom stereocenters. The van der Waals surface area contributed by atoms with Crippen molar-refractivity contribution in [1.82, 2.24) is 0 Å². The van der Waals surface area contributed by atoms with Crippen molar-refractivity contribution in [3.63, 3.8) is 0 Å². The first kappa shape index (κ1) is 15.9. The summed E-state index contributed by atoms with van der Waals surface area (Å²) in [5.41, 5.74) is 0. The molecule has 0 saturated carbocycles. The van der Waals surface area contributed by atoms with E-state index in [1.807, 2.05) is 6.26 Å². The van der Waals surface area contributed by atoms with Crippen LogP contribution in [0.1, 0.15) is 0 Å². The van der Waals surface area contributed by atoms with E-state index >= 15 is 0 Å². The first-order valence-electron chi connectivity index (χ1n) is 6.30. The maximum Gasteiger partial charge on any atom is 0.513 e. The van der Waals surface area contributed by atoms with Gasteiger partial charge in [-0.2, -0.15) is 0 Å². The van der Waals surface area contributed by atoms with E-state index in [0.29, 0.717) is 27.2 Å². The molecule has 0 saturated heterocycles. The Hall–Kier alpha value is -2.47. The van der Waals surface area contributed by atoms with Crippen LogP contribution in [0.25, 0.3) is 10.8 Å². The van der Waals surface area contributed by atoms with Crippen LogP contribution in [-0.2, 0) is 9.53 Å². The molecule has 0 aliphatic rings. The quantitative estimate of drug-likeness (QED) is 0.281. The van der Waals surface area contributed by atoms with E-state index in [1.54, 1.807) is 30.3 Å². The van der Waals surface area contributed by atoms with Gasteiger partial charge in [-0.15, -0.1) is 11.8 Å². The van der Waals surface area contributed by atoms with Crippen molar-refractivity contribution < 1.29 is 23.8 Å². The topological polar surface area (TPSA) is 61.8 Å². The zero-order valence-corrected chi connectivity index (χ0v) is 12.9. The smallest absolute Gasteiger partial charge is 0.437 e. The molecule has 114 valence electrons. The molecular formula is C16H14O5S. The average Bonchev–Trinajstić information content (AvgIpc) is 2.56. The van der Waals surface area contributed by atoms with Crippen LogP contribution in [0.15, 0.2) is 47.9 Å². The predicted octanol–water partition coefficient (Wildman–Crippen LogP) is 3.80. The number of methoxy groups -OCH3 is 1. The second kappa shape index (κ2) is 7.00. The van der Waals surface area contributed by atoms with E-state index in [9.17, 15) is 9.59 Å². The largest absolute Gasteiger partial charge is 0.513 e. The molecule has 0 heterocycles. The monoisotopic (exact) mass is 318 g/mol. The molecule has 0 aromatic heterocycles. The fraction of sp³-hybridized carbons (Fsp3) is 0.125. The van der Waals surface area contributed by atoms with Crippen LogP contribution in [-0.4, -0.2) is 25.5 Å². The highest BCUT2D eigenvalue weighted by Gasteiger charge is 2.17. The van der Waals surface area contributed by atoms with Gasteiger partial charge >= 0.3 is 12.1 Å². The average molecular weight is 318 g/mol. The molecule has 6 heteroatoms. The normalized spacial score (nSPS) is 10.1. The number of thioether (sulfide) groups is 1. The summed E-state index contributed by atoms with van der Waals surface area (Å²) in [5.74, 6) is 0.192. The molecule has 5 nitrogen and oxygen atoms in total. The molecule has 0 aliphatic carbocycles. The predicted molar refractivity (Wildman–Crippen MR) is 84.6 cm³/mol. The molecule has 0 N–H and O–H groups in total. The lowest BCUT2D eigenvalue weighted by Gasteiger charge is -2.14. The number of benzene rings is 2. The van der Waals surface area contributed by atoms with E-state index < -0.39 is 12.1 Å². The Morgan fingerprint density at radius 3 is 2.45 bits per heavy atom. The number of hydrogen-bond acceptors (Lipinski definition) is 6. The number of rotatable bonds is 4. The van der Waals surface area contributed by atoms with Crippen molar-refractivity contribution in [2.24, 2.45) is 0 Å². The summed E-state index contributed by atoms with van der Waals surface area (Å²) >= 11 is 1.37. The number of hydrogen-bond donors (Lipinski definition) is 0. The maximum absolute atomic E-state index is 11.5. The third-order valence-corrected chi connectivity index (χ3v) is 3.62. The van der Waals surface area contributed by atoms with E-state index in [0.717, 1.165) is 6.08 Å². The first-order chi connectivity index (χ1) is 10.6. The zero-order chi connectivity index (χ0) is 16.1. The van der Waals surface area contributed by atoms with Crippen LogP contribution >= 0.6 is 11.8 Å². The second-order valence-electron chi connectivity index (χ2n) is 4.13. The van der Waals surface area contributed by atoms with E-state index in [4.69, 9.17) is 9.47 Å². The van der Waals surface area contributed by atoms with Gasteiger partial charge in [0.25, 0.3) is 0 Å². The molecule has 2 aromatic carbocycles. The number of carbonyl (C=O) groups is 2. The number of esters is 1. The first-order valence-corrected chi connectivity index (χ1v) is 7.53. The number of carbonyl (C=O) groups excluding carboxylic acids is 2. The molecular weight excluding hydrogens is 304 g/mol. The van der Waals surface area contributed by atoms with Gasteiger partial charge in [0.15, 0.2) is 5.75 Å². The maximum atomic E-state index is 11.5. The van der Waals surface area contributed by atoms with Gasteiger partial charge in [0.2, 0.25) is 0 Å². The van der Waals surface area contributed by atoms with Gasteiger partial charge in [0.1, 0.15) is 5.75 Å². The van der Waals surface area contributed by atoms with Gasteiger partial charge in [0.05, 0.1) is 12.0 Å². The highest BCUT2D eigenvalue weighted by molar-refractivity contribution is 7.98. The van der Waals surface area contributed by atoms with Gasteiger partial charge in [0, 0.05) is 16.8 Å². The van der Waals surface area contributed by atoms with Gasteiger partial charge in [-0.1, -0.05) is 30.8 Å². The zero-order valence-electron chi connectivity index (χ0n) is 12.1. The molecule has 0 fully saturated rings. The van der Waals surface area contributed by atoms with Crippen LogP contribution < -0.4 is 9.47 Å². The Balaban J connectivity index is 2.65. The van der Waals surface area contributed by atoms with Crippen molar-refractivity contribution in [2.75, 3.05) is 13.4 Å². The molecule has 0 amide bonds. The van der Waals surface area contributed by atoms with Gasteiger partial charge in [-0.25, -0.2) is 9.59 Å². The summed E-state index contributed by atoms with van der Waals surface area (Å²) in [6.45, 7) is 3.39. The molecule has 2 aromatic rings. The third-order valence-electron chi connectivity index (χ3n) is 2.87. The van der Waals surface area contributed by atoms with E-state index in [-0.39, 0.29) is 0 Å². The minimum atomic E-state index is -0.812. The Morgan fingerprint density at radius 2 is 1.86 bits per heavy atom. The van der Waals surface area contributed by atoms with Crippen molar-refractivity contribution in [3.05, 3.63) is 43.0 Å². The number of fused-ring (bicyclic) bond motifs is 1. The van der Waals surface area contributed by atoms with E-state index in [2.05, 4.69) is 11.3 Å². The molecule has 0 spiro atoms. The molecule has 0 bridgehead atoms. The fourth-order valence-electron chi connectivity index (χ4n) is 1.91. The van der Waals surface area contributed by atoms with Crippen molar-refractivity contribution in [2.45, 2.75) is 4.90 Å². The Kier molecular flexibility index (Phi) is 5.06. The van der Waals surface area contributed by atoms with Crippen LogP contribution in [0.2, 0.25) is 0 Å². The van der Waals surface area contributed by atoms with E-state index in [1.165, 1.54) is 18.9 Å². The van der Waals surface area contributed by atoms with Gasteiger partial charge < -0.3 is 14.2 Å².